The van der Waals surface area contributed by atoms with E-state index < -0.39 is 11.9 Å². The number of thiol groups is 1. The molecule has 1 aromatic carbocycles. The van der Waals surface area contributed by atoms with Gasteiger partial charge in [0.2, 0.25) is 0 Å². The van der Waals surface area contributed by atoms with E-state index in [1.54, 1.807) is 0 Å². The fraction of sp³-hybridized carbons (Fsp3) is 0.273. The summed E-state index contributed by atoms with van der Waals surface area (Å²) in [4.78, 5) is 22.1. The Morgan fingerprint density at radius 1 is 1.27 bits per heavy atom. The molecule has 1 atom stereocenters. The number of benzene rings is 1. The monoisotopic (exact) mass is 224 g/mol. The molecule has 0 saturated heterocycles. The number of Topliss-reactive ketones (excluding diaryl/α,β-unsaturated/α-hetero) is 1. The molecule has 0 radical (unpaired) electrons. The molecule has 0 unspecified atom stereocenters. The molecule has 4 heteroatoms. The fourth-order valence-corrected chi connectivity index (χ4v) is 1.52. The first kappa shape index (κ1) is 11.8. The van der Waals surface area contributed by atoms with Gasteiger partial charge in [-0.3, -0.25) is 9.59 Å². The topological polar surface area (TPSA) is 54.4 Å². The van der Waals surface area contributed by atoms with Gasteiger partial charge in [0, 0.05) is 0 Å². The Morgan fingerprint density at radius 3 is 2.33 bits per heavy atom. The molecule has 1 aromatic rings. The van der Waals surface area contributed by atoms with E-state index in [0.717, 1.165) is 5.56 Å². The number of carbonyl (C=O) groups is 2. The molecule has 0 saturated carbocycles. The van der Waals surface area contributed by atoms with Crippen LogP contribution >= 0.6 is 12.6 Å². The Morgan fingerprint density at radius 2 is 1.87 bits per heavy atom. The van der Waals surface area contributed by atoms with Gasteiger partial charge in [-0.2, -0.15) is 12.6 Å². The van der Waals surface area contributed by atoms with Crippen LogP contribution in [0.15, 0.2) is 30.3 Å². The average Bonchev–Trinajstić information content (AvgIpc) is 2.26. The summed E-state index contributed by atoms with van der Waals surface area (Å²) in [5.41, 5.74) is 0.847. The van der Waals surface area contributed by atoms with Crippen LogP contribution in [-0.2, 0) is 16.0 Å². The van der Waals surface area contributed by atoms with E-state index in [2.05, 4.69) is 12.6 Å². The third-order valence-electron chi connectivity index (χ3n) is 2.13. The molecule has 0 spiro atoms. The summed E-state index contributed by atoms with van der Waals surface area (Å²) >= 11 is 3.80. The molecule has 0 bridgehead atoms. The van der Waals surface area contributed by atoms with E-state index in [4.69, 9.17) is 5.11 Å². The van der Waals surface area contributed by atoms with Crippen LogP contribution < -0.4 is 0 Å². The number of aliphatic carboxylic acids is 1. The number of carboxylic acid groups (broad SMARTS) is 1. The summed E-state index contributed by atoms with van der Waals surface area (Å²) in [7, 11) is 0. The number of carboxylic acids is 1. The molecule has 1 rings (SSSR count). The van der Waals surface area contributed by atoms with Crippen LogP contribution in [-0.4, -0.2) is 22.6 Å². The zero-order valence-corrected chi connectivity index (χ0v) is 8.98. The highest BCUT2D eigenvalue weighted by Crippen LogP contribution is 2.10. The van der Waals surface area contributed by atoms with Crippen molar-refractivity contribution in [1.29, 1.82) is 0 Å². The number of ketones is 1. The van der Waals surface area contributed by atoms with E-state index >= 15 is 0 Å². The lowest BCUT2D eigenvalue weighted by Crippen LogP contribution is -2.26. The van der Waals surface area contributed by atoms with Crippen molar-refractivity contribution in [1.82, 2.24) is 0 Å². The Balaban J connectivity index is 2.76. The first-order valence-corrected chi connectivity index (χ1v) is 5.18. The zero-order valence-electron chi connectivity index (χ0n) is 8.09. The predicted molar refractivity (Wildman–Crippen MR) is 60.1 cm³/mol. The van der Waals surface area contributed by atoms with Crippen molar-refractivity contribution in [3.8, 4) is 0 Å². The molecule has 0 heterocycles. The first-order chi connectivity index (χ1) is 7.15. The van der Waals surface area contributed by atoms with Crippen LogP contribution in [0, 0.1) is 5.92 Å². The van der Waals surface area contributed by atoms with E-state index in [9.17, 15) is 9.59 Å². The summed E-state index contributed by atoms with van der Waals surface area (Å²) < 4.78 is 0. The summed E-state index contributed by atoms with van der Waals surface area (Å²) in [5.74, 6) is -2.46. The van der Waals surface area contributed by atoms with Crippen molar-refractivity contribution >= 4 is 24.4 Å². The van der Waals surface area contributed by atoms with Gasteiger partial charge < -0.3 is 5.11 Å². The molecule has 0 fully saturated rings. The van der Waals surface area contributed by atoms with Crippen LogP contribution in [0.4, 0.5) is 0 Å². The van der Waals surface area contributed by atoms with Gasteiger partial charge in [-0.05, 0) is 12.0 Å². The summed E-state index contributed by atoms with van der Waals surface area (Å²) in [6.45, 7) is 0. The third kappa shape index (κ3) is 3.40. The van der Waals surface area contributed by atoms with Gasteiger partial charge in [0.15, 0.2) is 5.78 Å². The number of hydrogen-bond acceptors (Lipinski definition) is 3. The van der Waals surface area contributed by atoms with Gasteiger partial charge in [0.25, 0.3) is 0 Å². The maximum absolute atomic E-state index is 11.3. The lowest BCUT2D eigenvalue weighted by Gasteiger charge is -2.09. The molecule has 1 N–H and O–H groups in total. The number of carbonyl (C=O) groups excluding carboxylic acids is 1. The largest absolute Gasteiger partial charge is 0.481 e. The fourth-order valence-electron chi connectivity index (χ4n) is 1.30. The molecule has 0 aliphatic rings. The molecule has 0 aliphatic carbocycles. The maximum Gasteiger partial charge on any atom is 0.314 e. The molecule has 15 heavy (non-hydrogen) atoms. The quantitative estimate of drug-likeness (QED) is 0.587. The molecular formula is C11H12O3S. The molecule has 3 nitrogen and oxygen atoms in total. The van der Waals surface area contributed by atoms with Crippen molar-refractivity contribution in [2.75, 3.05) is 5.75 Å². The van der Waals surface area contributed by atoms with E-state index in [-0.39, 0.29) is 18.0 Å². The minimum absolute atomic E-state index is 0.0379. The Bertz CT molecular complexity index is 348. The standard InChI is InChI=1S/C11H12O3S/c12-10(7-15)9(11(13)14)6-8-4-2-1-3-5-8/h1-5,9,15H,6-7H2,(H,13,14)/t9-/m0/s1. The summed E-state index contributed by atoms with van der Waals surface area (Å²) in [5, 5.41) is 8.88. The SMILES string of the molecule is O=C(O)[C@@H](Cc1ccccc1)C(=O)CS. The Hall–Kier alpha value is -1.29. The van der Waals surface area contributed by atoms with Crippen molar-refractivity contribution in [3.05, 3.63) is 35.9 Å². The molecule has 0 amide bonds. The van der Waals surface area contributed by atoms with Gasteiger partial charge in [-0.1, -0.05) is 30.3 Å². The minimum atomic E-state index is -1.09. The van der Waals surface area contributed by atoms with Crippen LogP contribution in [0.3, 0.4) is 0 Å². The third-order valence-corrected chi connectivity index (χ3v) is 2.44. The molecule has 80 valence electrons. The minimum Gasteiger partial charge on any atom is -0.481 e. The lowest BCUT2D eigenvalue weighted by atomic mass is 9.96. The van der Waals surface area contributed by atoms with Crippen molar-refractivity contribution in [3.63, 3.8) is 0 Å². The van der Waals surface area contributed by atoms with E-state index in [1.165, 1.54) is 0 Å². The van der Waals surface area contributed by atoms with Crippen LogP contribution in [0.25, 0.3) is 0 Å². The second kappa shape index (κ2) is 5.56. The first-order valence-electron chi connectivity index (χ1n) is 4.55. The van der Waals surface area contributed by atoms with Crippen LogP contribution in [0.5, 0.6) is 0 Å². The smallest absolute Gasteiger partial charge is 0.314 e. The van der Waals surface area contributed by atoms with E-state index in [0.29, 0.717) is 0 Å². The average molecular weight is 224 g/mol. The second-order valence-electron chi connectivity index (χ2n) is 3.20. The summed E-state index contributed by atoms with van der Waals surface area (Å²) in [6.07, 6.45) is 0.232. The highest BCUT2D eigenvalue weighted by atomic mass is 32.1. The Kier molecular flexibility index (Phi) is 4.37. The molecular weight excluding hydrogens is 212 g/mol. The molecule has 0 aromatic heterocycles. The summed E-state index contributed by atoms with van der Waals surface area (Å²) in [6, 6.07) is 9.10. The lowest BCUT2D eigenvalue weighted by molar-refractivity contribution is -0.145. The highest BCUT2D eigenvalue weighted by Gasteiger charge is 2.24. The molecule has 0 aliphatic heterocycles. The van der Waals surface area contributed by atoms with Crippen molar-refractivity contribution < 1.29 is 14.7 Å². The number of hydrogen-bond donors (Lipinski definition) is 2. The highest BCUT2D eigenvalue weighted by molar-refractivity contribution is 7.81. The van der Waals surface area contributed by atoms with Gasteiger partial charge in [0.1, 0.15) is 5.92 Å². The van der Waals surface area contributed by atoms with Crippen molar-refractivity contribution in [2.45, 2.75) is 6.42 Å². The number of rotatable bonds is 5. The van der Waals surface area contributed by atoms with Crippen LogP contribution in [0.2, 0.25) is 0 Å². The zero-order chi connectivity index (χ0) is 11.3. The Labute approximate surface area is 93.5 Å². The predicted octanol–water partition coefficient (Wildman–Crippen LogP) is 1.43. The second-order valence-corrected chi connectivity index (χ2v) is 3.52. The normalized spacial score (nSPS) is 12.1. The van der Waals surface area contributed by atoms with Gasteiger partial charge >= 0.3 is 5.97 Å². The van der Waals surface area contributed by atoms with Gasteiger partial charge in [-0.25, -0.2) is 0 Å². The maximum atomic E-state index is 11.3. The van der Waals surface area contributed by atoms with Gasteiger partial charge in [0.05, 0.1) is 5.75 Å². The van der Waals surface area contributed by atoms with Crippen molar-refractivity contribution in [2.24, 2.45) is 5.92 Å². The van der Waals surface area contributed by atoms with Gasteiger partial charge in [-0.15, -0.1) is 0 Å². The van der Waals surface area contributed by atoms with Crippen LogP contribution in [0.1, 0.15) is 5.56 Å². The van der Waals surface area contributed by atoms with E-state index in [1.807, 2.05) is 30.3 Å².